The molecule has 0 aliphatic carbocycles. The van der Waals surface area contributed by atoms with E-state index < -0.39 is 45.9 Å². The highest BCUT2D eigenvalue weighted by Gasteiger charge is 2.40. The number of carbonyl (C=O) groups is 3. The van der Waals surface area contributed by atoms with Crippen molar-refractivity contribution in [3.05, 3.63) is 28.6 Å². The van der Waals surface area contributed by atoms with E-state index in [1.54, 1.807) is 19.4 Å². The number of aromatic nitrogens is 3. The molecule has 3 rings (SSSR count). The van der Waals surface area contributed by atoms with Crippen molar-refractivity contribution in [3.8, 4) is 0 Å². The third kappa shape index (κ3) is 6.64. The van der Waals surface area contributed by atoms with E-state index in [0.29, 0.717) is 11.4 Å². The lowest BCUT2D eigenvalue weighted by atomic mass is 9.95. The number of thiazole rings is 1. The number of sulfonamides is 1. The zero-order valence-electron chi connectivity index (χ0n) is 20.1. The Kier molecular flexibility index (Phi) is 8.28. The summed E-state index contributed by atoms with van der Waals surface area (Å²) in [5.41, 5.74) is 5.70. The Hall–Kier alpha value is -2.84. The van der Waals surface area contributed by atoms with Gasteiger partial charge in [-0.15, -0.1) is 11.3 Å². The Morgan fingerprint density at radius 3 is 2.57 bits per heavy atom. The van der Waals surface area contributed by atoms with Crippen LogP contribution in [0.2, 0.25) is 0 Å². The molecule has 1 fully saturated rings. The van der Waals surface area contributed by atoms with Crippen LogP contribution < -0.4 is 15.8 Å². The van der Waals surface area contributed by atoms with E-state index in [4.69, 9.17) is 5.73 Å². The Labute approximate surface area is 208 Å². The van der Waals surface area contributed by atoms with Crippen LogP contribution in [0.1, 0.15) is 48.6 Å². The molecule has 1 saturated heterocycles. The number of nitrogens with zero attached hydrogens (tertiary/aromatic N) is 4. The fourth-order valence-corrected chi connectivity index (χ4v) is 5.82. The van der Waals surface area contributed by atoms with Gasteiger partial charge < -0.3 is 20.5 Å². The molecule has 0 bridgehead atoms. The molecule has 0 unspecified atom stereocenters. The van der Waals surface area contributed by atoms with Gasteiger partial charge in [0.1, 0.15) is 17.8 Å². The number of hydrogen-bond acceptors (Lipinski definition) is 8. The summed E-state index contributed by atoms with van der Waals surface area (Å²) in [6.45, 7) is 5.68. The molecular weight excluding hydrogens is 494 g/mol. The molecule has 0 aromatic carbocycles. The number of piperidine rings is 1. The maximum absolute atomic E-state index is 13.3. The molecule has 1 aliphatic heterocycles. The summed E-state index contributed by atoms with van der Waals surface area (Å²) in [5.74, 6) is -1.59. The molecule has 192 valence electrons. The number of likely N-dealkylation sites (tertiary alicyclic amines) is 1. The van der Waals surface area contributed by atoms with Crippen molar-refractivity contribution in [2.75, 3.05) is 6.54 Å². The first kappa shape index (κ1) is 26.8. The lowest BCUT2D eigenvalue weighted by Gasteiger charge is -2.38. The average molecular weight is 526 g/mol. The van der Waals surface area contributed by atoms with Gasteiger partial charge in [0, 0.05) is 31.2 Å². The summed E-state index contributed by atoms with van der Waals surface area (Å²) >= 11 is 1.31. The molecule has 3 heterocycles. The van der Waals surface area contributed by atoms with Crippen LogP contribution in [0, 0.1) is 12.8 Å². The van der Waals surface area contributed by atoms with E-state index >= 15 is 0 Å². The fourth-order valence-electron chi connectivity index (χ4n) is 3.97. The molecule has 0 spiro atoms. The van der Waals surface area contributed by atoms with Gasteiger partial charge in [-0.05, 0) is 32.1 Å². The second-order valence-electron chi connectivity index (χ2n) is 9.08. The van der Waals surface area contributed by atoms with Gasteiger partial charge in [0.25, 0.3) is 15.9 Å². The zero-order valence-corrected chi connectivity index (χ0v) is 21.7. The maximum Gasteiger partial charge on any atom is 0.274 e. The number of hydrogen-bond donors (Lipinski definition) is 3. The van der Waals surface area contributed by atoms with Crippen LogP contribution in [0.4, 0.5) is 0 Å². The molecule has 0 radical (unpaired) electrons. The number of rotatable bonds is 9. The van der Waals surface area contributed by atoms with Gasteiger partial charge in [0.15, 0.2) is 5.03 Å². The summed E-state index contributed by atoms with van der Waals surface area (Å²) in [6.07, 6.45) is 3.39. The van der Waals surface area contributed by atoms with Gasteiger partial charge in [0.2, 0.25) is 11.8 Å². The molecule has 4 N–H and O–H groups in total. The van der Waals surface area contributed by atoms with Crippen molar-refractivity contribution in [1.82, 2.24) is 29.5 Å². The van der Waals surface area contributed by atoms with Crippen LogP contribution in [0.25, 0.3) is 0 Å². The highest BCUT2D eigenvalue weighted by atomic mass is 32.2. The Morgan fingerprint density at radius 2 is 2.03 bits per heavy atom. The summed E-state index contributed by atoms with van der Waals surface area (Å²) in [4.78, 5) is 47.9. The lowest BCUT2D eigenvalue weighted by molar-refractivity contribution is -0.131. The van der Waals surface area contributed by atoms with E-state index in [2.05, 4.69) is 20.0 Å². The summed E-state index contributed by atoms with van der Waals surface area (Å²) in [6, 6.07) is -2.56. The van der Waals surface area contributed by atoms with Gasteiger partial charge in [-0.3, -0.25) is 14.4 Å². The van der Waals surface area contributed by atoms with Crippen molar-refractivity contribution in [1.29, 1.82) is 0 Å². The second kappa shape index (κ2) is 10.8. The highest BCUT2D eigenvalue weighted by Crippen LogP contribution is 2.23. The normalized spacial score (nSPS) is 19.5. The zero-order chi connectivity index (χ0) is 25.9. The van der Waals surface area contributed by atoms with E-state index in [9.17, 15) is 22.8 Å². The summed E-state index contributed by atoms with van der Waals surface area (Å²) in [7, 11) is -2.27. The van der Waals surface area contributed by atoms with Crippen LogP contribution in [-0.4, -0.2) is 70.2 Å². The molecule has 35 heavy (non-hydrogen) atoms. The molecule has 12 nitrogen and oxygen atoms in total. The Balaban J connectivity index is 1.83. The monoisotopic (exact) mass is 525 g/mol. The first-order chi connectivity index (χ1) is 16.4. The molecule has 3 atom stereocenters. The summed E-state index contributed by atoms with van der Waals surface area (Å²) in [5, 5.41) is 4.85. The minimum Gasteiger partial charge on any atom is -0.368 e. The predicted octanol–water partition coefficient (Wildman–Crippen LogP) is 0.153. The summed E-state index contributed by atoms with van der Waals surface area (Å²) < 4.78 is 29.7. The quantitative estimate of drug-likeness (QED) is 0.418. The van der Waals surface area contributed by atoms with E-state index in [1.807, 2.05) is 13.8 Å². The first-order valence-electron chi connectivity index (χ1n) is 11.2. The smallest absolute Gasteiger partial charge is 0.274 e. The van der Waals surface area contributed by atoms with Crippen LogP contribution in [0.5, 0.6) is 0 Å². The second-order valence-corrected chi connectivity index (χ2v) is 11.8. The molecule has 0 saturated carbocycles. The van der Waals surface area contributed by atoms with Crippen molar-refractivity contribution >= 4 is 39.1 Å². The molecular formula is C21H31N7O5S2. The Bertz CT molecular complexity index is 1190. The van der Waals surface area contributed by atoms with E-state index in [-0.39, 0.29) is 36.0 Å². The highest BCUT2D eigenvalue weighted by molar-refractivity contribution is 7.89. The van der Waals surface area contributed by atoms with Gasteiger partial charge >= 0.3 is 0 Å². The Morgan fingerprint density at radius 1 is 1.31 bits per heavy atom. The molecule has 3 amide bonds. The van der Waals surface area contributed by atoms with E-state index in [1.165, 1.54) is 33.3 Å². The predicted molar refractivity (Wildman–Crippen MR) is 129 cm³/mol. The van der Waals surface area contributed by atoms with Crippen molar-refractivity contribution in [3.63, 3.8) is 0 Å². The van der Waals surface area contributed by atoms with Crippen LogP contribution in [-0.2, 0) is 26.7 Å². The number of amides is 3. The van der Waals surface area contributed by atoms with Gasteiger partial charge in [0.05, 0.1) is 11.3 Å². The van der Waals surface area contributed by atoms with Crippen LogP contribution >= 0.6 is 11.3 Å². The maximum atomic E-state index is 13.3. The number of primary amides is 1. The van der Waals surface area contributed by atoms with Crippen molar-refractivity contribution in [2.45, 2.75) is 63.2 Å². The average Bonchev–Trinajstić information content (AvgIpc) is 3.40. The number of carbonyl (C=O) groups excluding carboxylic acids is 3. The lowest BCUT2D eigenvalue weighted by Crippen LogP contribution is -2.59. The number of nitrogens with one attached hydrogen (secondary N) is 2. The molecule has 1 aliphatic rings. The first-order valence-corrected chi connectivity index (χ1v) is 13.6. The molecule has 2 aromatic heterocycles. The molecule has 14 heteroatoms. The largest absolute Gasteiger partial charge is 0.368 e. The third-order valence-electron chi connectivity index (χ3n) is 5.65. The topological polar surface area (TPSA) is 169 Å². The van der Waals surface area contributed by atoms with Crippen LogP contribution in [0.3, 0.4) is 0 Å². The molecule has 2 aromatic rings. The number of nitrogens with two attached hydrogens (primary N) is 1. The van der Waals surface area contributed by atoms with Gasteiger partial charge in [-0.25, -0.2) is 23.1 Å². The SMILES string of the molecule is Cc1nc(C(=O)N2CC[C@H](NS(=O)(=O)c3cn(C)cn3)C[C@H]2C(=O)N[C@H](CC(C)C)C(N)=O)cs1. The van der Waals surface area contributed by atoms with E-state index in [0.717, 1.165) is 0 Å². The number of aryl methyl sites for hydroxylation is 2. The van der Waals surface area contributed by atoms with Crippen LogP contribution in [0.15, 0.2) is 22.9 Å². The number of imidazole rings is 1. The van der Waals surface area contributed by atoms with Crippen molar-refractivity contribution < 1.29 is 22.8 Å². The van der Waals surface area contributed by atoms with Gasteiger partial charge in [-0.2, -0.15) is 0 Å². The minimum absolute atomic E-state index is 0.0138. The fraction of sp³-hybridized carbons (Fsp3) is 0.571. The minimum atomic E-state index is -3.93. The van der Waals surface area contributed by atoms with Crippen molar-refractivity contribution in [2.24, 2.45) is 18.7 Å². The third-order valence-corrected chi connectivity index (χ3v) is 7.83. The standard InChI is InChI=1S/C21H31N7O5S2/c1-12(2)7-15(19(22)29)25-20(30)17-8-14(26-35(32,33)18-9-27(4)11-23-18)5-6-28(17)21(31)16-10-34-13(3)24-16/h9-12,14-15,17,26H,5-8H2,1-4H3,(H2,22,29)(H,25,30)/t14-,15+,17-/m0/s1. The van der Waals surface area contributed by atoms with Gasteiger partial charge in [-0.1, -0.05) is 13.8 Å².